The van der Waals surface area contributed by atoms with Crippen LogP contribution >= 0.6 is 11.3 Å². The molecule has 3 aromatic heterocycles. The largest absolute Gasteiger partial charge is 0.496 e. The number of carbonyl (C=O) groups is 1. The first-order valence-electron chi connectivity index (χ1n) is 9.68. The third-order valence-corrected chi connectivity index (χ3v) is 5.45. The number of methoxy groups -OCH3 is 1. The van der Waals surface area contributed by atoms with Gasteiger partial charge >= 0.3 is 0 Å². The molecule has 0 fully saturated rings. The maximum absolute atomic E-state index is 12.5. The van der Waals surface area contributed by atoms with Crippen LogP contribution in [0.25, 0.3) is 16.2 Å². The lowest BCUT2D eigenvalue weighted by Gasteiger charge is -2.09. The molecule has 0 bridgehead atoms. The van der Waals surface area contributed by atoms with Crippen LogP contribution in [0.15, 0.2) is 79.3 Å². The van der Waals surface area contributed by atoms with Crippen LogP contribution in [0.2, 0.25) is 0 Å². The van der Waals surface area contributed by atoms with Gasteiger partial charge in [-0.15, -0.1) is 5.10 Å². The van der Waals surface area contributed by atoms with Crippen molar-refractivity contribution in [3.8, 4) is 28.0 Å². The highest BCUT2D eigenvalue weighted by molar-refractivity contribution is 7.18. The molecule has 0 aliphatic carbocycles. The zero-order valence-electron chi connectivity index (χ0n) is 16.9. The molecule has 1 amide bonds. The third-order valence-electron chi connectivity index (χ3n) is 4.65. The molecule has 158 valence electrons. The first-order valence-corrected chi connectivity index (χ1v) is 10.5. The molecule has 0 spiro atoms. The summed E-state index contributed by atoms with van der Waals surface area (Å²) in [4.78, 5) is 21.9. The Morgan fingerprint density at radius 3 is 2.66 bits per heavy atom. The van der Waals surface area contributed by atoms with Gasteiger partial charge in [0, 0.05) is 23.6 Å². The molecule has 1 N–H and O–H groups in total. The average molecular weight is 443 g/mol. The number of carbonyl (C=O) groups excluding carboxylic acids is 1. The van der Waals surface area contributed by atoms with E-state index in [1.165, 1.54) is 18.4 Å². The second-order valence-corrected chi connectivity index (χ2v) is 7.66. The number of hydrogen-bond acceptors (Lipinski definition) is 7. The summed E-state index contributed by atoms with van der Waals surface area (Å²) >= 11 is 1.34. The van der Waals surface area contributed by atoms with Crippen molar-refractivity contribution in [3.63, 3.8) is 0 Å². The zero-order valence-corrected chi connectivity index (χ0v) is 17.7. The number of fused-ring (bicyclic) bond motifs is 1. The van der Waals surface area contributed by atoms with Gasteiger partial charge in [-0.05, 0) is 59.9 Å². The second kappa shape index (κ2) is 8.48. The third kappa shape index (κ3) is 4.01. The first kappa shape index (κ1) is 19.7. The van der Waals surface area contributed by atoms with Gasteiger partial charge < -0.3 is 14.8 Å². The minimum Gasteiger partial charge on any atom is -0.496 e. The fourth-order valence-corrected chi connectivity index (χ4v) is 3.87. The Morgan fingerprint density at radius 2 is 1.91 bits per heavy atom. The van der Waals surface area contributed by atoms with Crippen molar-refractivity contribution in [2.24, 2.45) is 0 Å². The van der Waals surface area contributed by atoms with Crippen molar-refractivity contribution in [2.45, 2.75) is 0 Å². The fraction of sp³-hybridized carbons (Fsp3) is 0.0435. The normalized spacial score (nSPS) is 10.8. The highest BCUT2D eigenvalue weighted by Crippen LogP contribution is 2.29. The van der Waals surface area contributed by atoms with E-state index < -0.39 is 0 Å². The molecule has 5 rings (SSSR count). The van der Waals surface area contributed by atoms with Gasteiger partial charge in [-0.2, -0.15) is 0 Å². The Morgan fingerprint density at radius 1 is 1.06 bits per heavy atom. The zero-order chi connectivity index (χ0) is 21.9. The lowest BCUT2D eigenvalue weighted by atomic mass is 10.2. The van der Waals surface area contributed by atoms with Crippen LogP contribution in [-0.2, 0) is 0 Å². The highest BCUT2D eigenvalue weighted by Gasteiger charge is 2.13. The van der Waals surface area contributed by atoms with Crippen LogP contribution in [0.4, 0.5) is 5.69 Å². The van der Waals surface area contributed by atoms with Crippen LogP contribution in [0.3, 0.4) is 0 Å². The minimum atomic E-state index is -0.248. The summed E-state index contributed by atoms with van der Waals surface area (Å²) in [6.07, 6.45) is 5.32. The van der Waals surface area contributed by atoms with E-state index in [-0.39, 0.29) is 5.91 Å². The number of anilines is 1. The van der Waals surface area contributed by atoms with E-state index in [4.69, 9.17) is 9.47 Å². The summed E-state index contributed by atoms with van der Waals surface area (Å²) in [7, 11) is 1.54. The maximum Gasteiger partial charge on any atom is 0.299 e. The number of amides is 1. The first-order chi connectivity index (χ1) is 15.7. The van der Waals surface area contributed by atoms with Crippen LogP contribution < -0.4 is 14.8 Å². The molecule has 0 aliphatic heterocycles. The number of aromatic nitrogens is 4. The Bertz CT molecular complexity index is 1350. The summed E-state index contributed by atoms with van der Waals surface area (Å²) in [5.74, 6) is 0.872. The maximum atomic E-state index is 12.5. The molecule has 5 aromatic rings. The Hall–Kier alpha value is -4.24. The van der Waals surface area contributed by atoms with E-state index in [1.807, 2.05) is 24.4 Å². The second-order valence-electron chi connectivity index (χ2n) is 6.74. The molecule has 9 heteroatoms. The van der Waals surface area contributed by atoms with Crippen LogP contribution in [0.1, 0.15) is 10.4 Å². The van der Waals surface area contributed by atoms with Crippen molar-refractivity contribution in [1.29, 1.82) is 0 Å². The minimum absolute atomic E-state index is 0.248. The van der Waals surface area contributed by atoms with Crippen molar-refractivity contribution >= 4 is 27.9 Å². The van der Waals surface area contributed by atoms with Gasteiger partial charge in [0.2, 0.25) is 4.96 Å². The van der Waals surface area contributed by atoms with Crippen molar-refractivity contribution in [1.82, 2.24) is 19.6 Å². The SMILES string of the molecule is COc1ccccc1C(=O)Nc1ccc(Oc2nn3cc(-c4cccnc4)nc3s2)cc1. The number of nitrogens with zero attached hydrogens (tertiary/aromatic N) is 4. The van der Waals surface area contributed by atoms with Gasteiger partial charge in [-0.1, -0.05) is 12.1 Å². The smallest absolute Gasteiger partial charge is 0.299 e. The number of pyridine rings is 1. The summed E-state index contributed by atoms with van der Waals surface area (Å²) in [5, 5.41) is 7.76. The predicted molar refractivity (Wildman–Crippen MR) is 122 cm³/mol. The van der Waals surface area contributed by atoms with Gasteiger partial charge in [0.05, 0.1) is 24.6 Å². The van der Waals surface area contributed by atoms with E-state index >= 15 is 0 Å². The van der Waals surface area contributed by atoms with Crippen molar-refractivity contribution < 1.29 is 14.3 Å². The van der Waals surface area contributed by atoms with E-state index in [0.29, 0.717) is 27.9 Å². The molecule has 32 heavy (non-hydrogen) atoms. The molecule has 2 aromatic carbocycles. The molecule has 0 saturated carbocycles. The molecule has 0 saturated heterocycles. The number of nitrogens with one attached hydrogen (secondary N) is 1. The summed E-state index contributed by atoms with van der Waals surface area (Å²) in [5.41, 5.74) is 2.84. The number of benzene rings is 2. The van der Waals surface area contributed by atoms with Gasteiger partial charge in [0.1, 0.15) is 11.5 Å². The lowest BCUT2D eigenvalue weighted by Crippen LogP contribution is -2.12. The van der Waals surface area contributed by atoms with Crippen molar-refractivity contribution in [2.75, 3.05) is 12.4 Å². The summed E-state index contributed by atoms with van der Waals surface area (Å²) in [6, 6.07) is 17.9. The average Bonchev–Trinajstić information content (AvgIpc) is 3.40. The predicted octanol–water partition coefficient (Wildman–Crippen LogP) is 4.91. The number of ether oxygens (including phenoxy) is 2. The molecule has 0 radical (unpaired) electrons. The summed E-state index contributed by atoms with van der Waals surface area (Å²) < 4.78 is 12.8. The molecule has 8 nitrogen and oxygen atoms in total. The quantitative estimate of drug-likeness (QED) is 0.401. The Labute approximate surface area is 187 Å². The lowest BCUT2D eigenvalue weighted by molar-refractivity contribution is 0.102. The molecular formula is C23H17N5O3S. The monoisotopic (exact) mass is 443 g/mol. The number of hydrogen-bond donors (Lipinski definition) is 1. The summed E-state index contributed by atoms with van der Waals surface area (Å²) in [6.45, 7) is 0. The number of para-hydroxylation sites is 1. The van der Waals surface area contributed by atoms with Crippen LogP contribution in [-0.4, -0.2) is 32.6 Å². The Balaban J connectivity index is 1.27. The van der Waals surface area contributed by atoms with Gasteiger partial charge in [-0.3, -0.25) is 9.78 Å². The van der Waals surface area contributed by atoms with E-state index in [9.17, 15) is 4.79 Å². The molecular weight excluding hydrogens is 426 g/mol. The van der Waals surface area contributed by atoms with Crippen LogP contribution in [0, 0.1) is 0 Å². The van der Waals surface area contributed by atoms with Gasteiger partial charge in [0.15, 0.2) is 0 Å². The molecule has 3 heterocycles. The molecule has 0 atom stereocenters. The number of rotatable bonds is 6. The molecule has 0 aliphatic rings. The fourth-order valence-electron chi connectivity index (χ4n) is 3.11. The van der Waals surface area contributed by atoms with E-state index in [1.54, 1.807) is 59.4 Å². The standard InChI is InChI=1S/C23H17N5O3S/c1-30-20-7-3-2-6-18(20)21(29)25-16-8-10-17(11-9-16)31-23-27-28-14-19(26-22(28)32-23)15-5-4-12-24-13-15/h2-14H,1H3,(H,25,29). The van der Waals surface area contributed by atoms with E-state index in [2.05, 4.69) is 20.4 Å². The van der Waals surface area contributed by atoms with Gasteiger partial charge in [0.25, 0.3) is 11.1 Å². The topological polar surface area (TPSA) is 90.6 Å². The highest BCUT2D eigenvalue weighted by atomic mass is 32.1. The number of imidazole rings is 1. The van der Waals surface area contributed by atoms with E-state index in [0.717, 1.165) is 16.2 Å². The van der Waals surface area contributed by atoms with Crippen molar-refractivity contribution in [3.05, 3.63) is 84.8 Å². The van der Waals surface area contributed by atoms with Gasteiger partial charge in [-0.25, -0.2) is 9.50 Å². The van der Waals surface area contributed by atoms with Crippen LogP contribution in [0.5, 0.6) is 16.7 Å². The molecule has 0 unspecified atom stereocenters. The Kier molecular flexibility index (Phi) is 5.22.